The Morgan fingerprint density at radius 2 is 1.89 bits per heavy atom. The molecular formula is C14H16N2O2. The van der Waals surface area contributed by atoms with E-state index >= 15 is 0 Å². The number of methoxy groups -OCH3 is 1. The molecule has 0 unspecified atom stereocenters. The van der Waals surface area contributed by atoms with Gasteiger partial charge in [-0.1, -0.05) is 0 Å². The van der Waals surface area contributed by atoms with Crippen molar-refractivity contribution in [3.8, 4) is 11.5 Å². The summed E-state index contributed by atoms with van der Waals surface area (Å²) in [6.45, 7) is 0.517. The molecule has 0 saturated carbocycles. The Labute approximate surface area is 106 Å². The average molecular weight is 244 g/mol. The lowest BCUT2D eigenvalue weighted by atomic mass is 10.1. The smallest absolute Gasteiger partial charge is 0.120 e. The molecule has 2 aromatic carbocycles. The number of hydrogen-bond acceptors (Lipinski definition) is 4. The molecule has 0 radical (unpaired) electrons. The summed E-state index contributed by atoms with van der Waals surface area (Å²) in [4.78, 5) is 0. The summed E-state index contributed by atoms with van der Waals surface area (Å²) in [7, 11) is 1.63. The van der Waals surface area contributed by atoms with E-state index in [0.29, 0.717) is 12.2 Å². The molecule has 0 aromatic heterocycles. The fourth-order valence-corrected chi connectivity index (χ4v) is 1.65. The van der Waals surface area contributed by atoms with Crippen molar-refractivity contribution in [3.05, 3.63) is 48.0 Å². The first-order chi connectivity index (χ1) is 8.69. The van der Waals surface area contributed by atoms with Gasteiger partial charge in [-0.25, -0.2) is 0 Å². The minimum Gasteiger partial charge on any atom is -0.508 e. The molecule has 2 aromatic rings. The number of phenolic OH excluding ortho intramolecular Hbond substituents is 1. The Bertz CT molecular complexity index is 524. The van der Waals surface area contributed by atoms with E-state index in [9.17, 15) is 5.11 Å². The maximum absolute atomic E-state index is 9.68. The summed E-state index contributed by atoms with van der Waals surface area (Å²) in [6, 6.07) is 12.6. The Morgan fingerprint density at radius 3 is 2.56 bits per heavy atom. The highest BCUT2D eigenvalue weighted by atomic mass is 16.5. The number of hydrogen-bond donors (Lipinski definition) is 3. The van der Waals surface area contributed by atoms with Crippen molar-refractivity contribution >= 4 is 11.4 Å². The summed E-state index contributed by atoms with van der Waals surface area (Å²) in [5, 5.41) is 12.9. The predicted molar refractivity (Wildman–Crippen MR) is 72.8 cm³/mol. The Balaban J connectivity index is 2.04. The highest BCUT2D eigenvalue weighted by molar-refractivity contribution is 5.51. The van der Waals surface area contributed by atoms with E-state index in [1.807, 2.05) is 24.3 Å². The number of benzene rings is 2. The van der Waals surface area contributed by atoms with Crippen molar-refractivity contribution < 1.29 is 9.84 Å². The standard InChI is InChI=1S/C14H16N2O2/c1-18-13-5-3-12(4-6-13)16-9-10-8-11(15)2-7-14(10)17/h2-8,16-17H,9,15H2,1H3. The van der Waals surface area contributed by atoms with Crippen LogP contribution in [0.3, 0.4) is 0 Å². The third-order valence-electron chi connectivity index (χ3n) is 2.68. The monoisotopic (exact) mass is 244 g/mol. The lowest BCUT2D eigenvalue weighted by Gasteiger charge is -2.09. The van der Waals surface area contributed by atoms with E-state index in [-0.39, 0.29) is 5.75 Å². The molecular weight excluding hydrogens is 228 g/mol. The lowest BCUT2D eigenvalue weighted by Crippen LogP contribution is -2.00. The van der Waals surface area contributed by atoms with E-state index in [1.165, 1.54) is 0 Å². The quantitative estimate of drug-likeness (QED) is 0.571. The molecule has 2 rings (SSSR count). The number of phenols is 1. The van der Waals surface area contributed by atoms with Gasteiger partial charge >= 0.3 is 0 Å². The van der Waals surface area contributed by atoms with Crippen LogP contribution in [0.4, 0.5) is 11.4 Å². The topological polar surface area (TPSA) is 67.5 Å². The molecule has 4 N–H and O–H groups in total. The van der Waals surface area contributed by atoms with Gasteiger partial charge in [0.05, 0.1) is 7.11 Å². The Kier molecular flexibility index (Phi) is 3.57. The predicted octanol–water partition coefficient (Wildman–Crippen LogP) is 2.60. The molecule has 94 valence electrons. The number of nitrogen functional groups attached to an aromatic ring is 1. The normalized spacial score (nSPS) is 10.1. The largest absolute Gasteiger partial charge is 0.508 e. The van der Waals surface area contributed by atoms with Crippen LogP contribution in [0, 0.1) is 0 Å². The minimum absolute atomic E-state index is 0.241. The van der Waals surface area contributed by atoms with Crippen LogP contribution in [0.1, 0.15) is 5.56 Å². The highest BCUT2D eigenvalue weighted by Crippen LogP contribution is 2.21. The molecule has 0 atom stereocenters. The number of rotatable bonds is 4. The zero-order valence-corrected chi connectivity index (χ0v) is 10.2. The molecule has 4 nitrogen and oxygen atoms in total. The summed E-state index contributed by atoms with van der Waals surface area (Å²) >= 11 is 0. The van der Waals surface area contributed by atoms with Gasteiger partial charge in [-0.05, 0) is 42.5 Å². The summed E-state index contributed by atoms with van der Waals surface area (Å²) in [6.07, 6.45) is 0. The van der Waals surface area contributed by atoms with Gasteiger partial charge in [-0.2, -0.15) is 0 Å². The molecule has 4 heteroatoms. The van der Waals surface area contributed by atoms with Crippen molar-refractivity contribution in [3.63, 3.8) is 0 Å². The van der Waals surface area contributed by atoms with Gasteiger partial charge in [0.2, 0.25) is 0 Å². The molecule has 0 aliphatic rings. The number of aromatic hydroxyl groups is 1. The van der Waals surface area contributed by atoms with Crippen LogP contribution in [0.25, 0.3) is 0 Å². The number of nitrogens with one attached hydrogen (secondary N) is 1. The fraction of sp³-hybridized carbons (Fsp3) is 0.143. The second-order valence-electron chi connectivity index (χ2n) is 3.97. The number of ether oxygens (including phenoxy) is 1. The Morgan fingerprint density at radius 1 is 1.17 bits per heavy atom. The van der Waals surface area contributed by atoms with Crippen LogP contribution in [-0.2, 0) is 6.54 Å². The van der Waals surface area contributed by atoms with Gasteiger partial charge in [0.15, 0.2) is 0 Å². The van der Waals surface area contributed by atoms with Crippen molar-refractivity contribution in [2.24, 2.45) is 0 Å². The average Bonchev–Trinajstić information content (AvgIpc) is 2.40. The lowest BCUT2D eigenvalue weighted by molar-refractivity contribution is 0.415. The molecule has 0 amide bonds. The third-order valence-corrected chi connectivity index (χ3v) is 2.68. The molecule has 0 saturated heterocycles. The molecule has 0 aliphatic carbocycles. The van der Waals surface area contributed by atoms with E-state index in [0.717, 1.165) is 17.0 Å². The van der Waals surface area contributed by atoms with Crippen LogP contribution >= 0.6 is 0 Å². The van der Waals surface area contributed by atoms with Crippen molar-refractivity contribution in [2.45, 2.75) is 6.54 Å². The molecule has 0 aliphatic heterocycles. The van der Waals surface area contributed by atoms with E-state index in [2.05, 4.69) is 5.32 Å². The molecule has 18 heavy (non-hydrogen) atoms. The van der Waals surface area contributed by atoms with Crippen molar-refractivity contribution in [1.82, 2.24) is 0 Å². The zero-order chi connectivity index (χ0) is 13.0. The second kappa shape index (κ2) is 5.31. The van der Waals surface area contributed by atoms with Gasteiger partial charge in [-0.3, -0.25) is 0 Å². The summed E-state index contributed by atoms with van der Waals surface area (Å²) < 4.78 is 5.08. The maximum atomic E-state index is 9.68. The summed E-state index contributed by atoms with van der Waals surface area (Å²) in [5.41, 5.74) is 8.04. The van der Waals surface area contributed by atoms with E-state index in [4.69, 9.17) is 10.5 Å². The van der Waals surface area contributed by atoms with Crippen molar-refractivity contribution in [2.75, 3.05) is 18.2 Å². The summed E-state index contributed by atoms with van der Waals surface area (Å²) in [5.74, 6) is 1.05. The van der Waals surface area contributed by atoms with Crippen LogP contribution in [-0.4, -0.2) is 12.2 Å². The maximum Gasteiger partial charge on any atom is 0.120 e. The fourth-order valence-electron chi connectivity index (χ4n) is 1.65. The van der Waals surface area contributed by atoms with Gasteiger partial charge in [0.25, 0.3) is 0 Å². The second-order valence-corrected chi connectivity index (χ2v) is 3.97. The van der Waals surface area contributed by atoms with Gasteiger partial charge in [-0.15, -0.1) is 0 Å². The minimum atomic E-state index is 0.241. The van der Waals surface area contributed by atoms with Crippen molar-refractivity contribution in [1.29, 1.82) is 0 Å². The molecule has 0 fully saturated rings. The first-order valence-electron chi connectivity index (χ1n) is 5.64. The molecule has 0 heterocycles. The Hall–Kier alpha value is -2.36. The highest BCUT2D eigenvalue weighted by Gasteiger charge is 2.01. The zero-order valence-electron chi connectivity index (χ0n) is 10.2. The third kappa shape index (κ3) is 2.85. The first-order valence-corrected chi connectivity index (χ1v) is 5.64. The van der Waals surface area contributed by atoms with E-state index in [1.54, 1.807) is 25.3 Å². The number of anilines is 2. The molecule has 0 bridgehead atoms. The number of nitrogens with two attached hydrogens (primary N) is 1. The van der Waals surface area contributed by atoms with Crippen LogP contribution < -0.4 is 15.8 Å². The van der Waals surface area contributed by atoms with Crippen LogP contribution in [0.2, 0.25) is 0 Å². The SMILES string of the molecule is COc1ccc(NCc2cc(N)ccc2O)cc1. The first kappa shape index (κ1) is 12.1. The van der Waals surface area contributed by atoms with E-state index < -0.39 is 0 Å². The van der Waals surface area contributed by atoms with Crippen LogP contribution in [0.5, 0.6) is 11.5 Å². The van der Waals surface area contributed by atoms with Gasteiger partial charge < -0.3 is 20.9 Å². The molecule has 0 spiro atoms. The van der Waals surface area contributed by atoms with Gasteiger partial charge in [0.1, 0.15) is 11.5 Å². The van der Waals surface area contributed by atoms with Gasteiger partial charge in [0, 0.05) is 23.5 Å². The van der Waals surface area contributed by atoms with Crippen LogP contribution in [0.15, 0.2) is 42.5 Å².